The lowest BCUT2D eigenvalue weighted by Gasteiger charge is -2.10. The van der Waals surface area contributed by atoms with Crippen LogP contribution in [0.1, 0.15) is 24.4 Å². The Hall–Kier alpha value is -1.32. The van der Waals surface area contributed by atoms with Gasteiger partial charge in [-0.25, -0.2) is 0 Å². The molecule has 3 nitrogen and oxygen atoms in total. The van der Waals surface area contributed by atoms with Crippen LogP contribution in [0.15, 0.2) is 30.5 Å². The van der Waals surface area contributed by atoms with Crippen LogP contribution in [0.3, 0.4) is 0 Å². The Bertz CT molecular complexity index is 487. The Kier molecular flexibility index (Phi) is 3.82. The van der Waals surface area contributed by atoms with Gasteiger partial charge in [0.25, 0.3) is 0 Å². The van der Waals surface area contributed by atoms with E-state index in [1.165, 1.54) is 16.5 Å². The van der Waals surface area contributed by atoms with E-state index < -0.39 is 0 Å². The second kappa shape index (κ2) is 5.34. The maximum atomic E-state index is 6.27. The number of para-hydroxylation sites is 1. The molecule has 92 valence electrons. The Morgan fingerprint density at radius 3 is 2.88 bits per heavy atom. The van der Waals surface area contributed by atoms with Crippen LogP contribution < -0.4 is 11.1 Å². The SMILES string of the molecule is CNCCCC(N)c1cn(C)c2ccccc12. The minimum Gasteiger partial charge on any atom is -0.350 e. The summed E-state index contributed by atoms with van der Waals surface area (Å²) < 4.78 is 2.16. The number of benzene rings is 1. The Morgan fingerprint density at radius 1 is 1.35 bits per heavy atom. The number of hydrogen-bond acceptors (Lipinski definition) is 2. The van der Waals surface area contributed by atoms with Gasteiger partial charge in [-0.05, 0) is 38.1 Å². The highest BCUT2D eigenvalue weighted by atomic mass is 14.9. The lowest BCUT2D eigenvalue weighted by molar-refractivity contribution is 0.592. The van der Waals surface area contributed by atoms with Crippen molar-refractivity contribution < 1.29 is 0 Å². The van der Waals surface area contributed by atoms with Crippen LogP contribution in [-0.2, 0) is 7.05 Å². The van der Waals surface area contributed by atoms with Gasteiger partial charge in [-0.2, -0.15) is 0 Å². The fourth-order valence-corrected chi connectivity index (χ4v) is 2.32. The second-order valence-electron chi connectivity index (χ2n) is 4.56. The van der Waals surface area contributed by atoms with Gasteiger partial charge < -0.3 is 15.6 Å². The number of fused-ring (bicyclic) bond motifs is 1. The first-order valence-electron chi connectivity index (χ1n) is 6.18. The molecule has 1 aromatic carbocycles. The van der Waals surface area contributed by atoms with Crippen molar-refractivity contribution in [1.82, 2.24) is 9.88 Å². The van der Waals surface area contributed by atoms with Gasteiger partial charge in [0, 0.05) is 30.2 Å². The standard InChI is InChI=1S/C14H21N3/c1-16-9-5-7-13(15)12-10-17(2)14-8-4-3-6-11(12)14/h3-4,6,8,10,13,16H,5,7,9,15H2,1-2H3. The summed E-state index contributed by atoms with van der Waals surface area (Å²) in [6, 6.07) is 8.57. The predicted molar refractivity (Wildman–Crippen MR) is 73.0 cm³/mol. The smallest absolute Gasteiger partial charge is 0.0481 e. The van der Waals surface area contributed by atoms with E-state index in [4.69, 9.17) is 5.73 Å². The van der Waals surface area contributed by atoms with Crippen LogP contribution in [0.25, 0.3) is 10.9 Å². The fraction of sp³-hybridized carbons (Fsp3) is 0.429. The maximum absolute atomic E-state index is 6.27. The third-order valence-electron chi connectivity index (χ3n) is 3.27. The molecule has 0 aliphatic carbocycles. The number of rotatable bonds is 5. The lowest BCUT2D eigenvalue weighted by atomic mass is 10.0. The summed E-state index contributed by atoms with van der Waals surface area (Å²) in [5, 5.41) is 4.44. The molecule has 3 heteroatoms. The first-order chi connectivity index (χ1) is 8.24. The molecule has 0 aliphatic rings. The van der Waals surface area contributed by atoms with E-state index >= 15 is 0 Å². The Morgan fingerprint density at radius 2 is 2.12 bits per heavy atom. The topological polar surface area (TPSA) is 43.0 Å². The fourth-order valence-electron chi connectivity index (χ4n) is 2.32. The van der Waals surface area contributed by atoms with Gasteiger partial charge >= 0.3 is 0 Å². The summed E-state index contributed by atoms with van der Waals surface area (Å²) in [5.74, 6) is 0. The molecule has 0 aliphatic heterocycles. The normalized spacial score (nSPS) is 13.1. The molecular formula is C14H21N3. The van der Waals surface area contributed by atoms with Crippen molar-refractivity contribution in [3.05, 3.63) is 36.0 Å². The molecule has 2 aromatic rings. The highest BCUT2D eigenvalue weighted by molar-refractivity contribution is 5.84. The third kappa shape index (κ3) is 2.51. The lowest BCUT2D eigenvalue weighted by Crippen LogP contribution is -2.14. The van der Waals surface area contributed by atoms with Gasteiger partial charge in [-0.1, -0.05) is 18.2 Å². The number of nitrogens with zero attached hydrogens (tertiary/aromatic N) is 1. The van der Waals surface area contributed by atoms with Crippen molar-refractivity contribution in [2.45, 2.75) is 18.9 Å². The van der Waals surface area contributed by atoms with Gasteiger partial charge in [0.15, 0.2) is 0 Å². The molecule has 2 rings (SSSR count). The summed E-state index contributed by atoms with van der Waals surface area (Å²) in [6.07, 6.45) is 4.30. The molecule has 0 saturated carbocycles. The van der Waals surface area contributed by atoms with E-state index in [2.05, 4.69) is 47.4 Å². The molecule has 0 fully saturated rings. The number of nitrogens with two attached hydrogens (primary N) is 1. The molecule has 0 spiro atoms. The quantitative estimate of drug-likeness (QED) is 0.775. The first kappa shape index (κ1) is 12.1. The van der Waals surface area contributed by atoms with Crippen molar-refractivity contribution in [2.24, 2.45) is 12.8 Å². The molecule has 0 amide bonds. The minimum absolute atomic E-state index is 0.134. The van der Waals surface area contributed by atoms with Crippen molar-refractivity contribution in [2.75, 3.05) is 13.6 Å². The highest BCUT2D eigenvalue weighted by Gasteiger charge is 2.12. The van der Waals surface area contributed by atoms with E-state index in [9.17, 15) is 0 Å². The number of aromatic nitrogens is 1. The predicted octanol–water partition coefficient (Wildman–Crippen LogP) is 2.18. The Labute approximate surface area is 103 Å². The van der Waals surface area contributed by atoms with Crippen molar-refractivity contribution in [1.29, 1.82) is 0 Å². The average Bonchev–Trinajstić information content (AvgIpc) is 2.68. The zero-order chi connectivity index (χ0) is 12.3. The summed E-state index contributed by atoms with van der Waals surface area (Å²) in [4.78, 5) is 0. The number of aryl methyl sites for hydroxylation is 1. The van der Waals surface area contributed by atoms with Crippen LogP contribution in [0.2, 0.25) is 0 Å². The van der Waals surface area contributed by atoms with Crippen LogP contribution in [0.5, 0.6) is 0 Å². The minimum atomic E-state index is 0.134. The van der Waals surface area contributed by atoms with Gasteiger partial charge in [0.1, 0.15) is 0 Å². The van der Waals surface area contributed by atoms with Gasteiger partial charge in [0.2, 0.25) is 0 Å². The van der Waals surface area contributed by atoms with Crippen molar-refractivity contribution >= 4 is 10.9 Å². The van der Waals surface area contributed by atoms with Gasteiger partial charge in [-0.15, -0.1) is 0 Å². The monoisotopic (exact) mass is 231 g/mol. The van der Waals surface area contributed by atoms with E-state index in [0.29, 0.717) is 0 Å². The molecule has 1 unspecified atom stereocenters. The molecule has 0 saturated heterocycles. The van der Waals surface area contributed by atoms with Crippen LogP contribution in [0, 0.1) is 0 Å². The van der Waals surface area contributed by atoms with E-state index in [1.54, 1.807) is 0 Å². The summed E-state index contributed by atoms with van der Waals surface area (Å²) in [7, 11) is 4.05. The van der Waals surface area contributed by atoms with E-state index in [1.807, 2.05) is 7.05 Å². The number of nitrogens with one attached hydrogen (secondary N) is 1. The number of hydrogen-bond donors (Lipinski definition) is 2. The molecule has 0 bridgehead atoms. The maximum Gasteiger partial charge on any atom is 0.0481 e. The molecule has 1 aromatic heterocycles. The Balaban J connectivity index is 2.23. The largest absolute Gasteiger partial charge is 0.350 e. The summed E-state index contributed by atoms with van der Waals surface area (Å²) >= 11 is 0. The average molecular weight is 231 g/mol. The van der Waals surface area contributed by atoms with Crippen LogP contribution in [-0.4, -0.2) is 18.2 Å². The van der Waals surface area contributed by atoms with Gasteiger partial charge in [0.05, 0.1) is 0 Å². The molecule has 17 heavy (non-hydrogen) atoms. The molecular weight excluding hydrogens is 210 g/mol. The van der Waals surface area contributed by atoms with Crippen molar-refractivity contribution in [3.8, 4) is 0 Å². The summed E-state index contributed by atoms with van der Waals surface area (Å²) in [5.41, 5.74) is 8.79. The van der Waals surface area contributed by atoms with Crippen LogP contribution in [0.4, 0.5) is 0 Å². The third-order valence-corrected chi connectivity index (χ3v) is 3.27. The molecule has 0 radical (unpaired) electrons. The molecule has 3 N–H and O–H groups in total. The molecule has 1 atom stereocenters. The second-order valence-corrected chi connectivity index (χ2v) is 4.56. The van der Waals surface area contributed by atoms with Crippen molar-refractivity contribution in [3.63, 3.8) is 0 Å². The summed E-state index contributed by atoms with van der Waals surface area (Å²) in [6.45, 7) is 1.03. The van der Waals surface area contributed by atoms with Crippen LogP contribution >= 0.6 is 0 Å². The highest BCUT2D eigenvalue weighted by Crippen LogP contribution is 2.26. The van der Waals surface area contributed by atoms with Gasteiger partial charge in [-0.3, -0.25) is 0 Å². The molecule has 1 heterocycles. The zero-order valence-electron chi connectivity index (χ0n) is 10.6. The first-order valence-corrected chi connectivity index (χ1v) is 6.18. The van der Waals surface area contributed by atoms with E-state index in [-0.39, 0.29) is 6.04 Å². The van der Waals surface area contributed by atoms with E-state index in [0.717, 1.165) is 19.4 Å². The zero-order valence-corrected chi connectivity index (χ0v) is 10.6.